The van der Waals surface area contributed by atoms with E-state index in [0.717, 1.165) is 17.8 Å². The highest BCUT2D eigenvalue weighted by molar-refractivity contribution is 5.77. The van der Waals surface area contributed by atoms with Crippen LogP contribution in [0.3, 0.4) is 0 Å². The van der Waals surface area contributed by atoms with Crippen molar-refractivity contribution in [3.8, 4) is 11.6 Å². The summed E-state index contributed by atoms with van der Waals surface area (Å²) in [5.74, 6) is -1.23. The SMILES string of the molecule is COCC(=O)N1CCc2nc(N3CCOCC3)nc(Oc3ccc(F)cc3F)c2C1. The van der Waals surface area contributed by atoms with Crippen molar-refractivity contribution in [1.82, 2.24) is 14.9 Å². The predicted molar refractivity (Wildman–Crippen MR) is 102 cm³/mol. The molecule has 1 fully saturated rings. The summed E-state index contributed by atoms with van der Waals surface area (Å²) < 4.78 is 43.6. The van der Waals surface area contributed by atoms with Crippen molar-refractivity contribution in [2.45, 2.75) is 13.0 Å². The summed E-state index contributed by atoms with van der Waals surface area (Å²) in [7, 11) is 1.46. The summed E-state index contributed by atoms with van der Waals surface area (Å²) in [5, 5.41) is 0. The van der Waals surface area contributed by atoms with Gasteiger partial charge in [-0.05, 0) is 12.1 Å². The first-order valence-corrected chi connectivity index (χ1v) is 9.67. The lowest BCUT2D eigenvalue weighted by Gasteiger charge is -2.31. The van der Waals surface area contributed by atoms with E-state index in [1.165, 1.54) is 13.2 Å². The molecule has 1 saturated heterocycles. The molecule has 3 heterocycles. The maximum absolute atomic E-state index is 14.2. The summed E-state index contributed by atoms with van der Waals surface area (Å²) in [6.45, 7) is 3.04. The average Bonchev–Trinajstić information content (AvgIpc) is 2.76. The van der Waals surface area contributed by atoms with Crippen molar-refractivity contribution < 1.29 is 27.8 Å². The minimum atomic E-state index is -0.835. The Hall–Kier alpha value is -2.85. The monoisotopic (exact) mass is 420 g/mol. The maximum Gasteiger partial charge on any atom is 0.248 e. The number of morpholine rings is 1. The van der Waals surface area contributed by atoms with Gasteiger partial charge in [-0.2, -0.15) is 4.98 Å². The lowest BCUT2D eigenvalue weighted by Crippen LogP contribution is -2.40. The highest BCUT2D eigenvalue weighted by Crippen LogP contribution is 2.32. The van der Waals surface area contributed by atoms with Crippen LogP contribution in [0.2, 0.25) is 0 Å². The molecule has 8 nitrogen and oxygen atoms in total. The molecule has 1 aromatic heterocycles. The molecule has 4 rings (SSSR count). The van der Waals surface area contributed by atoms with Crippen LogP contribution in [0.15, 0.2) is 18.2 Å². The fraction of sp³-hybridized carbons (Fsp3) is 0.450. The second-order valence-corrected chi connectivity index (χ2v) is 7.03. The van der Waals surface area contributed by atoms with Gasteiger partial charge < -0.3 is 24.0 Å². The third-order valence-corrected chi connectivity index (χ3v) is 5.03. The number of carbonyl (C=O) groups is 1. The molecule has 0 unspecified atom stereocenters. The third kappa shape index (κ3) is 4.34. The van der Waals surface area contributed by atoms with E-state index in [1.807, 2.05) is 4.90 Å². The van der Waals surface area contributed by atoms with E-state index in [1.54, 1.807) is 4.90 Å². The van der Waals surface area contributed by atoms with E-state index in [-0.39, 0.29) is 30.7 Å². The van der Waals surface area contributed by atoms with Gasteiger partial charge in [-0.15, -0.1) is 0 Å². The molecule has 0 N–H and O–H groups in total. The van der Waals surface area contributed by atoms with Gasteiger partial charge in [0, 0.05) is 39.2 Å². The van der Waals surface area contributed by atoms with Crippen LogP contribution in [-0.4, -0.2) is 67.3 Å². The van der Waals surface area contributed by atoms with E-state index in [2.05, 4.69) is 9.97 Å². The molecule has 0 radical (unpaired) electrons. The van der Waals surface area contributed by atoms with Crippen molar-refractivity contribution in [2.24, 2.45) is 0 Å². The lowest BCUT2D eigenvalue weighted by atomic mass is 10.1. The second kappa shape index (κ2) is 8.88. The fourth-order valence-corrected chi connectivity index (χ4v) is 3.45. The van der Waals surface area contributed by atoms with Crippen molar-refractivity contribution in [1.29, 1.82) is 0 Å². The van der Waals surface area contributed by atoms with E-state index >= 15 is 0 Å². The first-order chi connectivity index (χ1) is 14.5. The van der Waals surface area contributed by atoms with Gasteiger partial charge in [0.05, 0.1) is 31.0 Å². The van der Waals surface area contributed by atoms with Crippen LogP contribution in [0.25, 0.3) is 0 Å². The van der Waals surface area contributed by atoms with Crippen LogP contribution in [0.5, 0.6) is 11.6 Å². The van der Waals surface area contributed by atoms with Gasteiger partial charge in [-0.3, -0.25) is 4.79 Å². The zero-order valence-corrected chi connectivity index (χ0v) is 16.6. The number of carbonyl (C=O) groups excluding carboxylic acids is 1. The van der Waals surface area contributed by atoms with Gasteiger partial charge >= 0.3 is 0 Å². The van der Waals surface area contributed by atoms with Crippen LogP contribution >= 0.6 is 0 Å². The number of methoxy groups -OCH3 is 1. The van der Waals surface area contributed by atoms with Gasteiger partial charge in [-0.25, -0.2) is 13.8 Å². The molecule has 10 heteroatoms. The van der Waals surface area contributed by atoms with E-state index in [9.17, 15) is 13.6 Å². The van der Waals surface area contributed by atoms with E-state index in [0.29, 0.717) is 50.8 Å². The first kappa shape index (κ1) is 20.4. The Morgan fingerprint density at radius 3 is 2.73 bits per heavy atom. The van der Waals surface area contributed by atoms with Crippen molar-refractivity contribution in [3.05, 3.63) is 41.1 Å². The molecule has 0 spiro atoms. The predicted octanol–water partition coefficient (Wildman–Crippen LogP) is 1.91. The topological polar surface area (TPSA) is 77.0 Å². The Morgan fingerprint density at radius 1 is 1.20 bits per heavy atom. The van der Waals surface area contributed by atoms with Crippen LogP contribution in [0.1, 0.15) is 11.3 Å². The number of hydrogen-bond acceptors (Lipinski definition) is 7. The van der Waals surface area contributed by atoms with Crippen molar-refractivity contribution in [3.63, 3.8) is 0 Å². The quantitative estimate of drug-likeness (QED) is 0.731. The van der Waals surface area contributed by atoms with Crippen LogP contribution in [0, 0.1) is 11.6 Å². The smallest absolute Gasteiger partial charge is 0.248 e. The molecule has 2 aromatic rings. The molecule has 0 atom stereocenters. The highest BCUT2D eigenvalue weighted by atomic mass is 19.1. The van der Waals surface area contributed by atoms with Gasteiger partial charge in [0.1, 0.15) is 12.4 Å². The van der Waals surface area contributed by atoms with Crippen LogP contribution in [-0.2, 0) is 27.2 Å². The first-order valence-electron chi connectivity index (χ1n) is 9.67. The normalized spacial score (nSPS) is 16.4. The molecule has 2 aliphatic heterocycles. The Bertz CT molecular complexity index is 937. The number of rotatable bonds is 5. The Morgan fingerprint density at radius 2 is 2.00 bits per heavy atom. The Labute approximate surface area is 172 Å². The molecule has 160 valence electrons. The molecule has 0 bridgehead atoms. The molecule has 1 aromatic carbocycles. The summed E-state index contributed by atoms with van der Waals surface area (Å²) in [4.78, 5) is 25.1. The minimum Gasteiger partial charge on any atom is -0.435 e. The standard InChI is InChI=1S/C20H22F2N4O4/c1-28-12-18(27)26-5-4-16-14(11-26)19(30-17-3-2-13(21)10-15(17)22)24-20(23-16)25-6-8-29-9-7-25/h2-3,10H,4-9,11-12H2,1H3. The second-order valence-electron chi connectivity index (χ2n) is 7.03. The van der Waals surface area contributed by atoms with Gasteiger partial charge in [0.2, 0.25) is 17.7 Å². The van der Waals surface area contributed by atoms with E-state index < -0.39 is 11.6 Å². The summed E-state index contributed by atoms with van der Waals surface area (Å²) in [6, 6.07) is 3.08. The minimum absolute atomic E-state index is 0.0369. The van der Waals surface area contributed by atoms with E-state index in [4.69, 9.17) is 14.2 Å². The number of benzene rings is 1. The van der Waals surface area contributed by atoms with Gasteiger partial charge in [-0.1, -0.05) is 0 Å². The maximum atomic E-state index is 14.2. The lowest BCUT2D eigenvalue weighted by molar-refractivity contribution is -0.136. The third-order valence-electron chi connectivity index (χ3n) is 5.03. The zero-order chi connectivity index (χ0) is 21.1. The fourth-order valence-electron chi connectivity index (χ4n) is 3.45. The molecule has 0 saturated carbocycles. The average molecular weight is 420 g/mol. The summed E-state index contributed by atoms with van der Waals surface area (Å²) >= 11 is 0. The number of halogens is 2. The van der Waals surface area contributed by atoms with Gasteiger partial charge in [0.15, 0.2) is 11.6 Å². The Kier molecular flexibility index (Phi) is 6.05. The van der Waals surface area contributed by atoms with Crippen LogP contribution in [0.4, 0.5) is 14.7 Å². The summed E-state index contributed by atoms with van der Waals surface area (Å²) in [5.41, 5.74) is 1.34. The molecular formula is C20H22F2N4O4. The van der Waals surface area contributed by atoms with Gasteiger partial charge in [0.25, 0.3) is 0 Å². The number of nitrogens with zero attached hydrogens (tertiary/aromatic N) is 4. The summed E-state index contributed by atoms with van der Waals surface area (Å²) in [6.07, 6.45) is 0.507. The molecule has 30 heavy (non-hydrogen) atoms. The number of amides is 1. The molecule has 0 aliphatic carbocycles. The van der Waals surface area contributed by atoms with Crippen LogP contribution < -0.4 is 9.64 Å². The number of ether oxygens (including phenoxy) is 3. The number of aromatic nitrogens is 2. The number of hydrogen-bond donors (Lipinski definition) is 0. The largest absolute Gasteiger partial charge is 0.435 e. The number of fused-ring (bicyclic) bond motifs is 1. The Balaban J connectivity index is 1.70. The zero-order valence-electron chi connectivity index (χ0n) is 16.6. The van der Waals surface area contributed by atoms with Crippen molar-refractivity contribution >= 4 is 11.9 Å². The van der Waals surface area contributed by atoms with Crippen molar-refractivity contribution in [2.75, 3.05) is 51.5 Å². The highest BCUT2D eigenvalue weighted by Gasteiger charge is 2.28. The molecular weight excluding hydrogens is 398 g/mol. The molecule has 2 aliphatic rings. The molecule has 1 amide bonds. The number of anilines is 1.